The highest BCUT2D eigenvalue weighted by Gasteiger charge is 2.61. The van der Waals surface area contributed by atoms with Gasteiger partial charge in [-0.2, -0.15) is 0 Å². The highest BCUT2D eigenvalue weighted by Crippen LogP contribution is 2.68. The van der Waals surface area contributed by atoms with Crippen LogP contribution in [-0.2, 0) is 0 Å². The van der Waals surface area contributed by atoms with Crippen molar-refractivity contribution < 1.29 is 5.11 Å². The summed E-state index contributed by atoms with van der Waals surface area (Å²) in [6.45, 7) is 15.0. The normalized spacial score (nSPS) is 50.7. The Balaban J connectivity index is 1.48. The molecule has 0 radical (unpaired) electrons. The molecule has 4 aliphatic carbocycles. The second kappa shape index (κ2) is 8.14. The molecule has 168 valence electrons. The van der Waals surface area contributed by atoms with Gasteiger partial charge in [0.25, 0.3) is 0 Å². The first-order valence-corrected chi connectivity index (χ1v) is 13.4. The fourth-order valence-corrected chi connectivity index (χ4v) is 9.73. The number of hydrogen-bond donors (Lipinski definition) is 1. The largest absolute Gasteiger partial charge is 0.393 e. The molecule has 1 nitrogen and oxygen atoms in total. The third-order valence-electron chi connectivity index (χ3n) is 11.4. The topological polar surface area (TPSA) is 20.2 Å². The van der Waals surface area contributed by atoms with Crippen LogP contribution in [0.2, 0.25) is 0 Å². The predicted molar refractivity (Wildman–Crippen MR) is 124 cm³/mol. The van der Waals surface area contributed by atoms with Crippen LogP contribution in [0.3, 0.4) is 0 Å². The van der Waals surface area contributed by atoms with E-state index in [1.807, 2.05) is 0 Å². The quantitative estimate of drug-likeness (QED) is 0.499. The zero-order valence-corrected chi connectivity index (χ0v) is 20.4. The zero-order valence-electron chi connectivity index (χ0n) is 20.4. The van der Waals surface area contributed by atoms with E-state index in [2.05, 4.69) is 41.5 Å². The SMILES string of the molecule is CC(C)CCC[C@H](C)[C@H]1CC[C@H]2[C@H]3CC[C@H]4[C@H](C)[C@@H](O)CC[C@@]4(C)[C@H]3CC[C@@]12C. The van der Waals surface area contributed by atoms with Crippen molar-refractivity contribution in [1.29, 1.82) is 0 Å². The van der Waals surface area contributed by atoms with E-state index in [1.54, 1.807) is 0 Å². The smallest absolute Gasteiger partial charge is 0.0568 e. The predicted octanol–water partition coefficient (Wildman–Crippen LogP) is 7.71. The van der Waals surface area contributed by atoms with Crippen LogP contribution in [0.15, 0.2) is 0 Å². The first-order valence-electron chi connectivity index (χ1n) is 13.4. The van der Waals surface area contributed by atoms with Crippen molar-refractivity contribution in [2.45, 2.75) is 118 Å². The van der Waals surface area contributed by atoms with Crippen LogP contribution >= 0.6 is 0 Å². The van der Waals surface area contributed by atoms with Crippen LogP contribution in [0, 0.1) is 58.2 Å². The lowest BCUT2D eigenvalue weighted by atomic mass is 9.43. The molecule has 1 N–H and O–H groups in total. The molecule has 1 heteroatoms. The van der Waals surface area contributed by atoms with E-state index in [1.165, 1.54) is 64.2 Å². The summed E-state index contributed by atoms with van der Waals surface area (Å²) in [6.07, 6.45) is 15.4. The maximum absolute atomic E-state index is 10.5. The third kappa shape index (κ3) is 3.64. The van der Waals surface area contributed by atoms with E-state index in [4.69, 9.17) is 0 Å². The summed E-state index contributed by atoms with van der Waals surface area (Å²) in [6, 6.07) is 0. The molecule has 0 spiro atoms. The molecule has 10 atom stereocenters. The molecule has 0 aromatic carbocycles. The average molecular weight is 403 g/mol. The Bertz CT molecular complexity index is 569. The molecule has 0 unspecified atom stereocenters. The summed E-state index contributed by atoms with van der Waals surface area (Å²) in [5.41, 5.74) is 1.12. The molecule has 0 aliphatic heterocycles. The van der Waals surface area contributed by atoms with Crippen molar-refractivity contribution in [1.82, 2.24) is 0 Å². The van der Waals surface area contributed by atoms with Gasteiger partial charge in [-0.05, 0) is 110 Å². The van der Waals surface area contributed by atoms with Crippen molar-refractivity contribution in [2.75, 3.05) is 0 Å². The number of aliphatic hydroxyl groups excluding tert-OH is 1. The molecule has 0 heterocycles. The Kier molecular flexibility index (Phi) is 6.22. The average Bonchev–Trinajstić information content (AvgIpc) is 3.02. The van der Waals surface area contributed by atoms with Crippen LogP contribution in [0.25, 0.3) is 0 Å². The van der Waals surface area contributed by atoms with Crippen LogP contribution in [0.5, 0.6) is 0 Å². The van der Waals surface area contributed by atoms with E-state index in [0.29, 0.717) is 16.7 Å². The molecular formula is C28H50O. The number of fused-ring (bicyclic) bond motifs is 5. The van der Waals surface area contributed by atoms with Gasteiger partial charge < -0.3 is 5.11 Å². The molecule has 4 fully saturated rings. The Hall–Kier alpha value is -0.0400. The van der Waals surface area contributed by atoms with Gasteiger partial charge in [-0.25, -0.2) is 0 Å². The molecule has 4 rings (SSSR count). The van der Waals surface area contributed by atoms with E-state index < -0.39 is 0 Å². The molecule has 4 aliphatic rings. The molecule has 0 bridgehead atoms. The Morgan fingerprint density at radius 3 is 2.17 bits per heavy atom. The standard InChI is InChI=1S/C28H50O/c1-18(2)8-7-9-19(3)22-12-13-24-21-10-11-23-20(4)26(29)15-17-28(23,6)25(21)14-16-27(22,24)5/h18-26,29H,7-17H2,1-6H3/t19-,20-,21+,22+,23-,24-,25-,26-,27-,28+/m0/s1. The van der Waals surface area contributed by atoms with Crippen LogP contribution < -0.4 is 0 Å². The molecule has 0 amide bonds. The number of hydrogen-bond acceptors (Lipinski definition) is 1. The minimum Gasteiger partial charge on any atom is -0.393 e. The molecule has 0 aromatic heterocycles. The van der Waals surface area contributed by atoms with E-state index in [0.717, 1.165) is 47.8 Å². The lowest BCUT2D eigenvalue weighted by Gasteiger charge is -2.62. The van der Waals surface area contributed by atoms with Crippen molar-refractivity contribution >= 4 is 0 Å². The molecule has 29 heavy (non-hydrogen) atoms. The molecule has 4 saturated carbocycles. The summed E-state index contributed by atoms with van der Waals surface area (Å²) in [4.78, 5) is 0. The Morgan fingerprint density at radius 1 is 0.793 bits per heavy atom. The summed E-state index contributed by atoms with van der Waals surface area (Å²) < 4.78 is 0. The van der Waals surface area contributed by atoms with Gasteiger partial charge >= 0.3 is 0 Å². The highest BCUT2D eigenvalue weighted by atomic mass is 16.3. The van der Waals surface area contributed by atoms with Gasteiger partial charge in [0.2, 0.25) is 0 Å². The molecule has 0 aromatic rings. The van der Waals surface area contributed by atoms with Gasteiger partial charge in [-0.3, -0.25) is 0 Å². The van der Waals surface area contributed by atoms with Crippen LogP contribution in [-0.4, -0.2) is 11.2 Å². The van der Waals surface area contributed by atoms with Gasteiger partial charge in [0, 0.05) is 0 Å². The maximum atomic E-state index is 10.5. The zero-order chi connectivity index (χ0) is 21.0. The minimum absolute atomic E-state index is 0.0407. The summed E-state index contributed by atoms with van der Waals surface area (Å²) in [5.74, 6) is 6.92. The number of rotatable bonds is 5. The van der Waals surface area contributed by atoms with Crippen molar-refractivity contribution in [2.24, 2.45) is 58.2 Å². The van der Waals surface area contributed by atoms with Gasteiger partial charge in [0.15, 0.2) is 0 Å². The first-order chi connectivity index (χ1) is 13.7. The second-order valence-corrected chi connectivity index (χ2v) is 13.1. The molecular weight excluding hydrogens is 352 g/mol. The summed E-state index contributed by atoms with van der Waals surface area (Å²) in [7, 11) is 0. The number of aliphatic hydroxyl groups is 1. The summed E-state index contributed by atoms with van der Waals surface area (Å²) in [5, 5.41) is 10.5. The van der Waals surface area contributed by atoms with E-state index in [9.17, 15) is 5.11 Å². The second-order valence-electron chi connectivity index (χ2n) is 13.1. The fourth-order valence-electron chi connectivity index (χ4n) is 9.73. The fraction of sp³-hybridized carbons (Fsp3) is 1.00. The monoisotopic (exact) mass is 402 g/mol. The van der Waals surface area contributed by atoms with Crippen LogP contribution in [0.1, 0.15) is 112 Å². The third-order valence-corrected chi connectivity index (χ3v) is 11.4. The minimum atomic E-state index is -0.0407. The molecule has 0 saturated heterocycles. The highest BCUT2D eigenvalue weighted by molar-refractivity contribution is 5.10. The van der Waals surface area contributed by atoms with E-state index in [-0.39, 0.29) is 6.10 Å². The first kappa shape index (κ1) is 22.2. The summed E-state index contributed by atoms with van der Waals surface area (Å²) >= 11 is 0. The lowest BCUT2D eigenvalue weighted by Crippen LogP contribution is -2.56. The van der Waals surface area contributed by atoms with E-state index >= 15 is 0 Å². The van der Waals surface area contributed by atoms with Gasteiger partial charge in [0.05, 0.1) is 6.10 Å². The van der Waals surface area contributed by atoms with Gasteiger partial charge in [0.1, 0.15) is 0 Å². The Labute approximate surface area is 181 Å². The van der Waals surface area contributed by atoms with Crippen molar-refractivity contribution in [3.63, 3.8) is 0 Å². The maximum Gasteiger partial charge on any atom is 0.0568 e. The Morgan fingerprint density at radius 2 is 1.45 bits per heavy atom. The van der Waals surface area contributed by atoms with Gasteiger partial charge in [-0.15, -0.1) is 0 Å². The van der Waals surface area contributed by atoms with Crippen molar-refractivity contribution in [3.05, 3.63) is 0 Å². The van der Waals surface area contributed by atoms with Crippen molar-refractivity contribution in [3.8, 4) is 0 Å². The van der Waals surface area contributed by atoms with Crippen LogP contribution in [0.4, 0.5) is 0 Å². The van der Waals surface area contributed by atoms with Gasteiger partial charge in [-0.1, -0.05) is 60.8 Å². The lowest BCUT2D eigenvalue weighted by molar-refractivity contribution is -0.149.